The van der Waals surface area contributed by atoms with Gasteiger partial charge in [0.2, 0.25) is 0 Å². The van der Waals surface area contributed by atoms with Crippen LogP contribution in [0.4, 0.5) is 13.2 Å². The molecule has 0 heterocycles. The van der Waals surface area contributed by atoms with Crippen LogP contribution >= 0.6 is 0 Å². The molecule has 0 aliphatic rings. The van der Waals surface area contributed by atoms with Crippen molar-refractivity contribution in [1.29, 1.82) is 0 Å². The van der Waals surface area contributed by atoms with E-state index in [0.29, 0.717) is 0 Å². The summed E-state index contributed by atoms with van der Waals surface area (Å²) < 4.78 is 64.8. The first-order chi connectivity index (χ1) is 12.9. The summed E-state index contributed by atoms with van der Waals surface area (Å²) in [6, 6.07) is 0. The first kappa shape index (κ1) is 29.9. The molecule has 0 bridgehead atoms. The third-order valence-corrected chi connectivity index (χ3v) is 5.59. The maximum Gasteiger partial charge on any atom is 0.389 e. The van der Waals surface area contributed by atoms with Gasteiger partial charge in [0.15, 0.2) is 0 Å². The van der Waals surface area contributed by atoms with Crippen LogP contribution in [0.1, 0.15) is 91.9 Å². The Morgan fingerprint density at radius 3 is 1.25 bits per heavy atom. The third-order valence-electron chi connectivity index (χ3n) is 4.80. The van der Waals surface area contributed by atoms with Crippen LogP contribution in [0.15, 0.2) is 0 Å². The van der Waals surface area contributed by atoms with Gasteiger partial charge in [0.1, 0.15) is 0 Å². The van der Waals surface area contributed by atoms with Crippen molar-refractivity contribution in [3.05, 3.63) is 0 Å². The molecule has 0 rings (SSSR count). The quantitative estimate of drug-likeness (QED) is 0.239. The van der Waals surface area contributed by atoms with Gasteiger partial charge in [-0.25, -0.2) is 8.42 Å². The normalized spacial score (nSPS) is 12.6. The summed E-state index contributed by atoms with van der Waals surface area (Å²) in [7, 11) is -4.50. The summed E-state index contributed by atoms with van der Waals surface area (Å²) >= 11 is 0. The van der Waals surface area contributed by atoms with Crippen molar-refractivity contribution in [3.63, 3.8) is 0 Å². The third kappa shape index (κ3) is 20.4. The molecular weight excluding hydrogens is 391 g/mol. The van der Waals surface area contributed by atoms with E-state index in [1.165, 1.54) is 82.0 Å². The largest absolute Gasteiger partial charge is 0.748 e. The van der Waals surface area contributed by atoms with E-state index in [9.17, 15) is 26.1 Å². The van der Waals surface area contributed by atoms with Gasteiger partial charge in [-0.05, 0) is 32.1 Å². The Morgan fingerprint density at radius 1 is 0.714 bits per heavy atom. The fourth-order valence-electron chi connectivity index (χ4n) is 3.09. The van der Waals surface area contributed by atoms with E-state index in [1.54, 1.807) is 0 Å². The molecule has 0 N–H and O–H groups in total. The summed E-state index contributed by atoms with van der Waals surface area (Å²) in [6.07, 6.45) is 4.79. The van der Waals surface area contributed by atoms with Gasteiger partial charge in [0, 0.05) is 12.2 Å². The highest BCUT2D eigenvalue weighted by atomic mass is 32.2. The van der Waals surface area contributed by atoms with Crippen molar-refractivity contribution in [2.24, 2.45) is 0 Å². The van der Waals surface area contributed by atoms with Gasteiger partial charge in [-0.1, -0.05) is 53.4 Å². The van der Waals surface area contributed by atoms with Gasteiger partial charge in [-0.15, -0.1) is 0 Å². The molecule has 8 heteroatoms. The smallest absolute Gasteiger partial charge is 0.389 e. The Labute approximate surface area is 171 Å². The fourth-order valence-corrected chi connectivity index (χ4v) is 3.59. The molecule has 0 fully saturated rings. The van der Waals surface area contributed by atoms with E-state index in [0.717, 1.165) is 0 Å². The minimum absolute atomic E-state index is 0.657. The molecule has 0 spiro atoms. The summed E-state index contributed by atoms with van der Waals surface area (Å²) in [5.41, 5.74) is 0. The average molecular weight is 434 g/mol. The molecule has 0 amide bonds. The van der Waals surface area contributed by atoms with Crippen molar-refractivity contribution in [2.75, 3.05) is 31.9 Å². The second-order valence-corrected chi connectivity index (χ2v) is 9.15. The molecule has 0 aromatic heterocycles. The number of rotatable bonds is 15. The van der Waals surface area contributed by atoms with Gasteiger partial charge in [0.25, 0.3) is 0 Å². The zero-order valence-electron chi connectivity index (χ0n) is 18.3. The SMILES string of the molecule is CCCC[N+](CCCC)(CCCC)CCCC.O=S(=O)([O-])CCCC(F)(F)F. The Balaban J connectivity index is 0. The number of hydrogen-bond acceptors (Lipinski definition) is 3. The van der Waals surface area contributed by atoms with E-state index in [2.05, 4.69) is 27.7 Å². The van der Waals surface area contributed by atoms with Crippen molar-refractivity contribution in [3.8, 4) is 0 Å². The van der Waals surface area contributed by atoms with Crippen LogP contribution in [0.25, 0.3) is 0 Å². The molecule has 4 nitrogen and oxygen atoms in total. The zero-order valence-corrected chi connectivity index (χ0v) is 19.1. The molecule has 0 saturated heterocycles. The molecule has 0 aromatic rings. The van der Waals surface area contributed by atoms with Gasteiger partial charge >= 0.3 is 6.18 Å². The van der Waals surface area contributed by atoms with E-state index in [-0.39, 0.29) is 0 Å². The standard InChI is InChI=1S/C16H36N.C4H7F3O3S/c1-5-9-13-17(14-10-6-2,15-11-7-3)16-12-8-4;5-4(6,7)2-1-3-11(8,9)10/h5-16H2,1-4H3;1-3H2,(H,8,9,10)/q+1;/p-1. The molecule has 0 saturated carbocycles. The molecule has 0 aliphatic heterocycles. The molecule has 28 heavy (non-hydrogen) atoms. The van der Waals surface area contributed by atoms with Crippen LogP contribution in [0.2, 0.25) is 0 Å². The highest BCUT2D eigenvalue weighted by Gasteiger charge is 2.26. The van der Waals surface area contributed by atoms with Gasteiger partial charge in [-0.3, -0.25) is 0 Å². The molecule has 0 unspecified atom stereocenters. The number of halogens is 3. The predicted octanol–water partition coefficient (Wildman–Crippen LogP) is 5.88. The summed E-state index contributed by atoms with van der Waals surface area (Å²) in [6.45, 7) is 15.0. The van der Waals surface area contributed by atoms with Crippen molar-refractivity contribution >= 4 is 10.1 Å². The summed E-state index contributed by atoms with van der Waals surface area (Å²) in [5, 5.41) is 0. The van der Waals surface area contributed by atoms with Gasteiger partial charge < -0.3 is 9.04 Å². The first-order valence-corrected chi connectivity index (χ1v) is 12.4. The Bertz CT molecular complexity index is 417. The lowest BCUT2D eigenvalue weighted by Crippen LogP contribution is -2.50. The van der Waals surface area contributed by atoms with Gasteiger partial charge in [0.05, 0.1) is 36.3 Å². The minimum Gasteiger partial charge on any atom is -0.748 e. The number of alkyl halides is 3. The predicted molar refractivity (Wildman–Crippen MR) is 109 cm³/mol. The van der Waals surface area contributed by atoms with Crippen LogP contribution in [0, 0.1) is 0 Å². The average Bonchev–Trinajstić information content (AvgIpc) is 2.59. The summed E-state index contributed by atoms with van der Waals surface area (Å²) in [4.78, 5) is 0. The maximum absolute atomic E-state index is 11.3. The van der Waals surface area contributed by atoms with E-state index < -0.39 is 34.9 Å². The second-order valence-electron chi connectivity index (χ2n) is 7.63. The van der Waals surface area contributed by atoms with Crippen LogP contribution in [0.5, 0.6) is 0 Å². The second kappa shape index (κ2) is 16.5. The van der Waals surface area contributed by atoms with Crippen LogP contribution in [0.3, 0.4) is 0 Å². The number of quaternary nitrogens is 1. The Morgan fingerprint density at radius 2 is 1.04 bits per heavy atom. The molecule has 172 valence electrons. The lowest BCUT2D eigenvalue weighted by molar-refractivity contribution is -0.929. The minimum atomic E-state index is -4.50. The van der Waals surface area contributed by atoms with Crippen LogP contribution in [-0.2, 0) is 10.1 Å². The lowest BCUT2D eigenvalue weighted by atomic mass is 10.1. The molecule has 0 aromatic carbocycles. The van der Waals surface area contributed by atoms with Crippen molar-refractivity contribution in [1.82, 2.24) is 0 Å². The van der Waals surface area contributed by atoms with E-state index >= 15 is 0 Å². The first-order valence-electron chi connectivity index (χ1n) is 10.8. The molecule has 0 radical (unpaired) electrons. The van der Waals surface area contributed by atoms with Crippen molar-refractivity contribution in [2.45, 2.75) is 98.1 Å². The fraction of sp³-hybridized carbons (Fsp3) is 1.00. The number of unbranched alkanes of at least 4 members (excludes halogenated alkanes) is 4. The van der Waals surface area contributed by atoms with E-state index in [1.807, 2.05) is 0 Å². The highest BCUT2D eigenvalue weighted by Crippen LogP contribution is 2.21. The number of nitrogens with zero attached hydrogens (tertiary/aromatic N) is 1. The van der Waals surface area contributed by atoms with Gasteiger partial charge in [-0.2, -0.15) is 13.2 Å². The maximum atomic E-state index is 11.3. The topological polar surface area (TPSA) is 57.2 Å². The Kier molecular flexibility index (Phi) is 17.5. The molecule has 0 atom stereocenters. The zero-order chi connectivity index (χ0) is 22.1. The Hall–Kier alpha value is -0.340. The number of hydrogen-bond donors (Lipinski definition) is 0. The molecular formula is C20H42F3NO3S. The van der Waals surface area contributed by atoms with Crippen molar-refractivity contribution < 1.29 is 30.6 Å². The van der Waals surface area contributed by atoms with Crippen LogP contribution < -0.4 is 0 Å². The highest BCUT2D eigenvalue weighted by molar-refractivity contribution is 7.85. The van der Waals surface area contributed by atoms with Crippen LogP contribution in [-0.4, -0.2) is 55.6 Å². The summed E-state index contributed by atoms with van der Waals surface area (Å²) in [5.74, 6) is -0.952. The molecule has 0 aliphatic carbocycles. The lowest BCUT2D eigenvalue weighted by Gasteiger charge is -2.39. The van der Waals surface area contributed by atoms with E-state index in [4.69, 9.17) is 0 Å². The monoisotopic (exact) mass is 433 g/mol.